The van der Waals surface area contributed by atoms with E-state index in [4.69, 9.17) is 10.2 Å². The zero-order chi connectivity index (χ0) is 10.3. The van der Waals surface area contributed by atoms with Crippen molar-refractivity contribution < 1.29 is 24.9 Å². The first-order valence-corrected chi connectivity index (χ1v) is 4.07. The lowest BCUT2D eigenvalue weighted by Gasteiger charge is -2.22. The largest absolute Gasteiger partial charge is 0.480 e. The maximum Gasteiger partial charge on any atom is 0.325 e. The predicted molar refractivity (Wildman–Crippen MR) is 43.6 cm³/mol. The van der Waals surface area contributed by atoms with Gasteiger partial charge in [-0.1, -0.05) is 0 Å². The maximum absolute atomic E-state index is 10.6. The molecular weight excluding hydrogens is 178 g/mol. The molecular formula is C7H15NO5. The molecule has 0 spiro atoms. The van der Waals surface area contributed by atoms with Crippen LogP contribution >= 0.6 is 0 Å². The van der Waals surface area contributed by atoms with Crippen LogP contribution in [0, 0.1) is 0 Å². The summed E-state index contributed by atoms with van der Waals surface area (Å²) < 4.78 is 0. The van der Waals surface area contributed by atoms with Gasteiger partial charge < -0.3 is 10.2 Å². The third-order valence-electron chi connectivity index (χ3n) is 1.38. The number of hydrogen-bond acceptors (Lipinski definition) is 5. The zero-order valence-corrected chi connectivity index (χ0v) is 7.77. The molecule has 13 heavy (non-hydrogen) atoms. The number of nitrogens with zero attached hydrogens (tertiary/aromatic N) is 1. The van der Waals surface area contributed by atoms with Gasteiger partial charge in [0, 0.05) is 6.54 Å². The molecule has 0 fully saturated rings. The van der Waals surface area contributed by atoms with E-state index in [2.05, 4.69) is 9.88 Å². The Hall–Kier alpha value is -0.690. The van der Waals surface area contributed by atoms with E-state index in [9.17, 15) is 4.79 Å². The molecule has 0 aromatic carbocycles. The molecule has 0 amide bonds. The van der Waals surface area contributed by atoms with Crippen LogP contribution in [0.4, 0.5) is 0 Å². The number of hydrogen-bond donors (Lipinski definition) is 2. The van der Waals surface area contributed by atoms with Gasteiger partial charge in [-0.05, 0) is 13.8 Å². The number of rotatable bonds is 7. The fourth-order valence-corrected chi connectivity index (χ4v) is 0.738. The fourth-order valence-electron chi connectivity index (χ4n) is 0.738. The summed E-state index contributed by atoms with van der Waals surface area (Å²) in [6, 6.07) is -1.09. The highest BCUT2D eigenvalue weighted by molar-refractivity contribution is 5.73. The molecule has 6 heteroatoms. The second kappa shape index (κ2) is 6.79. The lowest BCUT2D eigenvalue weighted by Crippen LogP contribution is -2.43. The van der Waals surface area contributed by atoms with Crippen molar-refractivity contribution >= 4 is 5.97 Å². The second-order valence-electron chi connectivity index (χ2n) is 2.25. The lowest BCUT2D eigenvalue weighted by molar-refractivity contribution is -0.432. The van der Waals surface area contributed by atoms with Crippen molar-refractivity contribution in [3.05, 3.63) is 0 Å². The molecule has 2 N–H and O–H groups in total. The van der Waals surface area contributed by atoms with Gasteiger partial charge in [0.1, 0.15) is 0 Å². The monoisotopic (exact) mass is 193 g/mol. The number of carboxylic acids is 1. The van der Waals surface area contributed by atoms with Gasteiger partial charge in [0.05, 0.1) is 13.2 Å². The fraction of sp³-hybridized carbons (Fsp3) is 0.857. The van der Waals surface area contributed by atoms with E-state index in [1.54, 1.807) is 13.8 Å². The van der Waals surface area contributed by atoms with Crippen LogP contribution in [0.3, 0.4) is 0 Å². The summed E-state index contributed by atoms with van der Waals surface area (Å²) in [5, 5.41) is 18.4. The normalized spacial score (nSPS) is 13.2. The minimum Gasteiger partial charge on any atom is -0.480 e. The topological polar surface area (TPSA) is 79.2 Å². The van der Waals surface area contributed by atoms with Crippen LogP contribution in [-0.2, 0) is 14.7 Å². The molecule has 0 aliphatic rings. The molecule has 0 saturated carbocycles. The van der Waals surface area contributed by atoms with Crippen molar-refractivity contribution in [3.8, 4) is 0 Å². The van der Waals surface area contributed by atoms with Crippen molar-refractivity contribution in [3.63, 3.8) is 0 Å². The third-order valence-corrected chi connectivity index (χ3v) is 1.38. The van der Waals surface area contributed by atoms with E-state index < -0.39 is 18.6 Å². The Kier molecular flexibility index (Phi) is 6.43. The Morgan fingerprint density at radius 1 is 1.54 bits per heavy atom. The van der Waals surface area contributed by atoms with E-state index >= 15 is 0 Å². The Bertz CT molecular complexity index is 152. The predicted octanol–water partition coefficient (Wildman–Crippen LogP) is -0.363. The first kappa shape index (κ1) is 12.3. The summed E-state index contributed by atoms with van der Waals surface area (Å²) in [4.78, 5) is 19.8. The third kappa shape index (κ3) is 4.18. The van der Waals surface area contributed by atoms with E-state index in [1.165, 1.54) is 0 Å². The summed E-state index contributed by atoms with van der Waals surface area (Å²) in [5.41, 5.74) is 0. The van der Waals surface area contributed by atoms with Crippen LogP contribution in [0.1, 0.15) is 13.8 Å². The number of carboxylic acid groups (broad SMARTS) is 1. The van der Waals surface area contributed by atoms with E-state index in [-0.39, 0.29) is 0 Å². The molecule has 0 aliphatic carbocycles. The average molecular weight is 193 g/mol. The first-order valence-electron chi connectivity index (χ1n) is 4.07. The SMILES string of the molecule is CCOON(CC)[C@@H](CO)C(=O)O. The number of likely N-dealkylation sites (N-methyl/N-ethyl adjacent to an activating group) is 1. The number of carbonyl (C=O) groups is 1. The van der Waals surface area contributed by atoms with E-state index in [0.29, 0.717) is 13.2 Å². The van der Waals surface area contributed by atoms with Crippen LogP contribution in [0.5, 0.6) is 0 Å². The van der Waals surface area contributed by atoms with Crippen molar-refractivity contribution in [2.45, 2.75) is 19.9 Å². The summed E-state index contributed by atoms with van der Waals surface area (Å²) >= 11 is 0. The molecule has 6 nitrogen and oxygen atoms in total. The Morgan fingerprint density at radius 3 is 2.46 bits per heavy atom. The van der Waals surface area contributed by atoms with Crippen molar-refractivity contribution in [1.29, 1.82) is 0 Å². The highest BCUT2D eigenvalue weighted by Gasteiger charge is 2.25. The van der Waals surface area contributed by atoms with E-state index in [0.717, 1.165) is 5.06 Å². The second-order valence-corrected chi connectivity index (χ2v) is 2.25. The van der Waals surface area contributed by atoms with Crippen LogP contribution in [-0.4, -0.2) is 47.0 Å². The van der Waals surface area contributed by atoms with Crippen LogP contribution in [0.15, 0.2) is 0 Å². The van der Waals surface area contributed by atoms with Crippen LogP contribution in [0.25, 0.3) is 0 Å². The standard InChI is InChI=1S/C7H15NO5/c1-3-8(13-12-4-2)6(5-9)7(10)11/h6,9H,3-5H2,1-2H3,(H,10,11)/t6-/m0/s1. The molecule has 0 unspecified atom stereocenters. The zero-order valence-electron chi connectivity index (χ0n) is 7.77. The lowest BCUT2D eigenvalue weighted by atomic mass is 10.3. The van der Waals surface area contributed by atoms with Crippen molar-refractivity contribution in [2.75, 3.05) is 19.8 Å². The molecule has 0 aromatic rings. The molecule has 0 aliphatic heterocycles. The molecule has 0 saturated heterocycles. The average Bonchev–Trinajstić information content (AvgIpc) is 2.11. The number of aliphatic hydroxyl groups is 1. The van der Waals surface area contributed by atoms with Gasteiger partial charge in [-0.25, -0.2) is 4.89 Å². The summed E-state index contributed by atoms with van der Waals surface area (Å²) in [5.74, 6) is -1.15. The summed E-state index contributed by atoms with van der Waals surface area (Å²) in [6.45, 7) is 3.52. The number of aliphatic carboxylic acids is 1. The Balaban J connectivity index is 4.08. The van der Waals surface area contributed by atoms with Gasteiger partial charge in [-0.3, -0.25) is 4.79 Å². The van der Waals surface area contributed by atoms with Gasteiger partial charge in [0.15, 0.2) is 6.04 Å². The quantitative estimate of drug-likeness (QED) is 0.424. The highest BCUT2D eigenvalue weighted by atomic mass is 17.3. The maximum atomic E-state index is 10.6. The molecule has 0 bridgehead atoms. The first-order chi connectivity index (χ1) is 6.17. The van der Waals surface area contributed by atoms with Gasteiger partial charge in [0.2, 0.25) is 0 Å². The molecule has 0 heterocycles. The van der Waals surface area contributed by atoms with Crippen LogP contribution in [0.2, 0.25) is 0 Å². The van der Waals surface area contributed by atoms with E-state index in [1.807, 2.05) is 0 Å². The minimum atomic E-state index is -1.15. The highest BCUT2D eigenvalue weighted by Crippen LogP contribution is 2.00. The smallest absolute Gasteiger partial charge is 0.325 e. The van der Waals surface area contributed by atoms with Crippen molar-refractivity contribution in [2.24, 2.45) is 0 Å². The number of hydroxylamine groups is 2. The van der Waals surface area contributed by atoms with Crippen LogP contribution < -0.4 is 0 Å². The minimum absolute atomic E-state index is 0.314. The summed E-state index contributed by atoms with van der Waals surface area (Å²) in [7, 11) is 0. The number of aliphatic hydroxyl groups excluding tert-OH is 1. The molecule has 0 radical (unpaired) electrons. The van der Waals surface area contributed by atoms with Gasteiger partial charge in [-0.2, -0.15) is 0 Å². The van der Waals surface area contributed by atoms with Crippen molar-refractivity contribution in [1.82, 2.24) is 5.06 Å². The molecule has 78 valence electrons. The van der Waals surface area contributed by atoms with Gasteiger partial charge >= 0.3 is 5.97 Å². The summed E-state index contributed by atoms with van der Waals surface area (Å²) in [6.07, 6.45) is 0. The molecule has 1 atom stereocenters. The van der Waals surface area contributed by atoms with Gasteiger partial charge in [-0.15, -0.1) is 10.1 Å². The molecule has 0 aromatic heterocycles. The molecule has 0 rings (SSSR count). The Labute approximate surface area is 76.5 Å². The van der Waals surface area contributed by atoms with Gasteiger partial charge in [0.25, 0.3) is 0 Å². The Morgan fingerprint density at radius 2 is 2.15 bits per heavy atom.